The molecular formula is C21H22N4O3. The molecular weight excluding hydrogens is 356 g/mol. The molecule has 0 aliphatic heterocycles. The highest BCUT2D eigenvalue weighted by molar-refractivity contribution is 5.95. The Morgan fingerprint density at radius 3 is 2.61 bits per heavy atom. The number of aromatic amines is 1. The molecule has 2 amide bonds. The first-order valence-corrected chi connectivity index (χ1v) is 9.17. The molecule has 0 saturated carbocycles. The van der Waals surface area contributed by atoms with Crippen LogP contribution in [0.2, 0.25) is 0 Å². The first-order chi connectivity index (χ1) is 13.5. The van der Waals surface area contributed by atoms with Crippen molar-refractivity contribution in [3.05, 3.63) is 58.9 Å². The lowest BCUT2D eigenvalue weighted by molar-refractivity contribution is -0.119. The van der Waals surface area contributed by atoms with Gasteiger partial charge in [0.1, 0.15) is 0 Å². The van der Waals surface area contributed by atoms with E-state index >= 15 is 0 Å². The van der Waals surface area contributed by atoms with Crippen LogP contribution >= 0.6 is 0 Å². The molecule has 7 nitrogen and oxygen atoms in total. The fraction of sp³-hybridized carbons (Fsp3) is 0.238. The molecule has 7 heteroatoms. The zero-order valence-electron chi connectivity index (χ0n) is 15.6. The van der Waals surface area contributed by atoms with Crippen LogP contribution in [0.1, 0.15) is 26.2 Å². The van der Waals surface area contributed by atoms with Crippen LogP contribution in [0.15, 0.2) is 53.3 Å². The Hall–Kier alpha value is -3.48. The Morgan fingerprint density at radius 2 is 1.82 bits per heavy atom. The minimum atomic E-state index is -0.233. The molecule has 0 atom stereocenters. The zero-order valence-corrected chi connectivity index (χ0v) is 15.6. The molecule has 1 heterocycles. The van der Waals surface area contributed by atoms with Gasteiger partial charge in [0.05, 0.1) is 11.1 Å². The van der Waals surface area contributed by atoms with Crippen molar-refractivity contribution >= 4 is 28.3 Å². The highest BCUT2D eigenvalue weighted by Crippen LogP contribution is 2.26. The summed E-state index contributed by atoms with van der Waals surface area (Å²) in [6.07, 6.45) is 1.82. The Bertz CT molecular complexity index is 1060. The van der Waals surface area contributed by atoms with Crippen molar-refractivity contribution in [3.63, 3.8) is 0 Å². The van der Waals surface area contributed by atoms with Gasteiger partial charge in [0.2, 0.25) is 11.8 Å². The lowest BCUT2D eigenvalue weighted by atomic mass is 10.0. The number of fused-ring (bicyclic) bond motifs is 1. The Balaban J connectivity index is 1.70. The van der Waals surface area contributed by atoms with Crippen molar-refractivity contribution in [2.45, 2.75) is 26.2 Å². The highest BCUT2D eigenvalue weighted by atomic mass is 16.2. The third-order valence-corrected chi connectivity index (χ3v) is 4.32. The van der Waals surface area contributed by atoms with Crippen LogP contribution in [0.25, 0.3) is 22.0 Å². The number of aromatic nitrogens is 2. The third-order valence-electron chi connectivity index (χ3n) is 4.32. The maximum Gasteiger partial charge on any atom is 0.272 e. The van der Waals surface area contributed by atoms with Crippen LogP contribution in [0.5, 0.6) is 0 Å². The molecule has 0 spiro atoms. The number of nitrogens with one attached hydrogen (secondary N) is 3. The highest BCUT2D eigenvalue weighted by Gasteiger charge is 2.10. The third kappa shape index (κ3) is 4.82. The first-order valence-electron chi connectivity index (χ1n) is 9.17. The molecule has 0 aliphatic carbocycles. The normalized spacial score (nSPS) is 10.6. The number of anilines is 1. The number of carbonyl (C=O) groups excluding carboxylic acids is 2. The van der Waals surface area contributed by atoms with Gasteiger partial charge in [0.25, 0.3) is 5.56 Å². The Labute approximate surface area is 162 Å². The van der Waals surface area contributed by atoms with Gasteiger partial charge in [-0.15, -0.1) is 0 Å². The fourth-order valence-corrected chi connectivity index (χ4v) is 2.98. The summed E-state index contributed by atoms with van der Waals surface area (Å²) in [5, 5.41) is 13.6. The standard InChI is InChI=1S/C21H22N4O3/c1-14(26)22-12-5-4-11-19(27)23-16-8-6-7-15(13-16)20-17-9-2-3-10-18(17)21(28)25-24-20/h2-3,6-10,13H,4-5,11-12H2,1H3,(H,22,26)(H,23,27)(H,25,28). The van der Waals surface area contributed by atoms with E-state index in [0.717, 1.165) is 17.4 Å². The number of benzene rings is 2. The van der Waals surface area contributed by atoms with Crippen LogP contribution in [-0.4, -0.2) is 28.6 Å². The SMILES string of the molecule is CC(=O)NCCCCC(=O)Nc1cccc(-c2n[nH]c(=O)c3ccccc23)c1. The predicted octanol–water partition coefficient (Wildman–Crippen LogP) is 2.83. The Morgan fingerprint density at radius 1 is 1.04 bits per heavy atom. The molecule has 3 N–H and O–H groups in total. The van der Waals surface area contributed by atoms with Crippen molar-refractivity contribution in [1.29, 1.82) is 0 Å². The molecule has 2 aromatic carbocycles. The van der Waals surface area contributed by atoms with Crippen LogP contribution in [0.3, 0.4) is 0 Å². The Kier molecular flexibility index (Phi) is 6.16. The van der Waals surface area contributed by atoms with Crippen molar-refractivity contribution in [2.75, 3.05) is 11.9 Å². The summed E-state index contributed by atoms with van der Waals surface area (Å²) in [6.45, 7) is 2.04. The summed E-state index contributed by atoms with van der Waals surface area (Å²) >= 11 is 0. The number of H-pyrrole nitrogens is 1. The zero-order chi connectivity index (χ0) is 19.9. The van der Waals surface area contributed by atoms with E-state index in [4.69, 9.17) is 0 Å². The number of amides is 2. The molecule has 28 heavy (non-hydrogen) atoms. The van der Waals surface area contributed by atoms with E-state index in [9.17, 15) is 14.4 Å². The van der Waals surface area contributed by atoms with Crippen molar-refractivity contribution in [2.24, 2.45) is 0 Å². The summed E-state index contributed by atoms with van der Waals surface area (Å²) in [7, 11) is 0. The van der Waals surface area contributed by atoms with E-state index < -0.39 is 0 Å². The quantitative estimate of drug-likeness (QED) is 0.550. The molecule has 3 rings (SSSR count). The molecule has 0 unspecified atom stereocenters. The number of unbranched alkanes of at least 4 members (excludes halogenated alkanes) is 1. The van der Waals surface area contributed by atoms with Gasteiger partial charge in [0.15, 0.2) is 0 Å². The van der Waals surface area contributed by atoms with Gasteiger partial charge in [-0.3, -0.25) is 14.4 Å². The molecule has 0 saturated heterocycles. The van der Waals surface area contributed by atoms with Gasteiger partial charge >= 0.3 is 0 Å². The molecule has 0 bridgehead atoms. The molecule has 0 aliphatic rings. The van der Waals surface area contributed by atoms with Crippen LogP contribution in [-0.2, 0) is 9.59 Å². The van der Waals surface area contributed by atoms with E-state index in [1.54, 1.807) is 6.07 Å². The largest absolute Gasteiger partial charge is 0.356 e. The summed E-state index contributed by atoms with van der Waals surface area (Å²) < 4.78 is 0. The van der Waals surface area contributed by atoms with E-state index in [0.29, 0.717) is 36.2 Å². The van der Waals surface area contributed by atoms with Crippen molar-refractivity contribution in [1.82, 2.24) is 15.5 Å². The number of hydrogen-bond acceptors (Lipinski definition) is 4. The van der Waals surface area contributed by atoms with E-state index in [-0.39, 0.29) is 17.4 Å². The van der Waals surface area contributed by atoms with Gasteiger partial charge in [-0.05, 0) is 31.0 Å². The van der Waals surface area contributed by atoms with E-state index in [1.807, 2.05) is 42.5 Å². The summed E-state index contributed by atoms with van der Waals surface area (Å²) in [5.74, 6) is -0.149. The van der Waals surface area contributed by atoms with E-state index in [2.05, 4.69) is 20.8 Å². The lowest BCUT2D eigenvalue weighted by Crippen LogP contribution is -2.21. The number of nitrogens with zero attached hydrogens (tertiary/aromatic N) is 1. The van der Waals surface area contributed by atoms with Gasteiger partial charge in [-0.25, -0.2) is 5.10 Å². The number of carbonyl (C=O) groups is 2. The minimum absolute atomic E-state index is 0.0651. The maximum atomic E-state index is 12.2. The summed E-state index contributed by atoms with van der Waals surface area (Å²) in [5.41, 5.74) is 1.89. The first kappa shape index (κ1) is 19.3. The van der Waals surface area contributed by atoms with Gasteiger partial charge in [-0.1, -0.05) is 30.3 Å². The monoisotopic (exact) mass is 378 g/mol. The average molecular weight is 378 g/mol. The molecule has 0 fully saturated rings. The molecule has 1 aromatic heterocycles. The maximum absolute atomic E-state index is 12.2. The van der Waals surface area contributed by atoms with Crippen molar-refractivity contribution in [3.8, 4) is 11.3 Å². The van der Waals surface area contributed by atoms with Crippen molar-refractivity contribution < 1.29 is 9.59 Å². The molecule has 0 radical (unpaired) electrons. The van der Waals surface area contributed by atoms with Gasteiger partial charge in [-0.2, -0.15) is 5.10 Å². The molecule has 144 valence electrons. The predicted molar refractivity (Wildman–Crippen MR) is 109 cm³/mol. The fourth-order valence-electron chi connectivity index (χ4n) is 2.98. The molecule has 3 aromatic rings. The van der Waals surface area contributed by atoms with Crippen LogP contribution in [0.4, 0.5) is 5.69 Å². The number of hydrogen-bond donors (Lipinski definition) is 3. The van der Waals surface area contributed by atoms with Crippen LogP contribution < -0.4 is 16.2 Å². The van der Waals surface area contributed by atoms with Gasteiger partial charge in [0, 0.05) is 36.5 Å². The topological polar surface area (TPSA) is 104 Å². The van der Waals surface area contributed by atoms with E-state index in [1.165, 1.54) is 6.92 Å². The average Bonchev–Trinajstić information content (AvgIpc) is 2.68. The summed E-state index contributed by atoms with van der Waals surface area (Å²) in [6, 6.07) is 14.6. The smallest absolute Gasteiger partial charge is 0.272 e. The second kappa shape index (κ2) is 8.94. The second-order valence-electron chi connectivity index (χ2n) is 6.52. The van der Waals surface area contributed by atoms with Gasteiger partial charge < -0.3 is 10.6 Å². The second-order valence-corrected chi connectivity index (χ2v) is 6.52. The summed E-state index contributed by atoms with van der Waals surface area (Å²) in [4.78, 5) is 34.9. The lowest BCUT2D eigenvalue weighted by Gasteiger charge is -2.09. The minimum Gasteiger partial charge on any atom is -0.356 e. The van der Waals surface area contributed by atoms with Crippen LogP contribution in [0, 0.1) is 0 Å². The number of rotatable bonds is 7.